The minimum absolute atomic E-state index is 0.301. The fourth-order valence-electron chi connectivity index (χ4n) is 2.37. The molecule has 1 aliphatic rings. The maximum absolute atomic E-state index is 10.3. The van der Waals surface area contributed by atoms with Crippen LogP contribution >= 0.6 is 39.1 Å². The molecule has 20 heavy (non-hydrogen) atoms. The van der Waals surface area contributed by atoms with Gasteiger partial charge in [-0.3, -0.25) is 0 Å². The molecule has 1 aliphatic heterocycles. The van der Waals surface area contributed by atoms with Crippen molar-refractivity contribution in [2.24, 2.45) is 0 Å². The summed E-state index contributed by atoms with van der Waals surface area (Å²) < 4.78 is 6.87. The summed E-state index contributed by atoms with van der Waals surface area (Å²) in [6, 6.07) is 10.9. The molecule has 1 N–H and O–H groups in total. The van der Waals surface area contributed by atoms with Gasteiger partial charge in [0.25, 0.3) is 0 Å². The molecule has 2 nitrogen and oxygen atoms in total. The molecule has 0 fully saturated rings. The van der Waals surface area contributed by atoms with Crippen molar-refractivity contribution in [1.29, 1.82) is 0 Å². The number of fused-ring (bicyclic) bond motifs is 1. The van der Waals surface area contributed by atoms with Gasteiger partial charge in [-0.25, -0.2) is 0 Å². The largest absolute Gasteiger partial charge is 0.485 e. The first-order chi connectivity index (χ1) is 9.54. The van der Waals surface area contributed by atoms with E-state index in [1.807, 2.05) is 18.2 Å². The number of benzene rings is 2. The molecule has 2 aromatic rings. The highest BCUT2D eigenvalue weighted by Gasteiger charge is 2.29. The standard InChI is InChI=1S/C15H11BrCl2O2/c16-8-1-4-14-11(5-8)13(19)7-15(20-14)10-6-9(17)2-3-12(10)18/h1-6,13,15,19H,7H2/t13-,15?/m1/s1. The van der Waals surface area contributed by atoms with Gasteiger partial charge in [-0.05, 0) is 36.4 Å². The van der Waals surface area contributed by atoms with Gasteiger partial charge >= 0.3 is 0 Å². The van der Waals surface area contributed by atoms with Crippen molar-refractivity contribution in [2.45, 2.75) is 18.6 Å². The van der Waals surface area contributed by atoms with E-state index in [9.17, 15) is 5.11 Å². The maximum atomic E-state index is 10.3. The zero-order valence-corrected chi connectivity index (χ0v) is 13.4. The zero-order valence-electron chi connectivity index (χ0n) is 10.3. The van der Waals surface area contributed by atoms with E-state index in [-0.39, 0.29) is 6.10 Å². The molecule has 0 bridgehead atoms. The van der Waals surface area contributed by atoms with E-state index in [1.54, 1.807) is 18.2 Å². The second kappa shape index (κ2) is 5.57. The van der Waals surface area contributed by atoms with Crippen LogP contribution in [0, 0.1) is 0 Å². The molecule has 1 unspecified atom stereocenters. The summed E-state index contributed by atoms with van der Waals surface area (Å²) in [6.07, 6.45) is -0.440. The first kappa shape index (κ1) is 14.2. The summed E-state index contributed by atoms with van der Waals surface area (Å²) in [5.41, 5.74) is 1.58. The number of rotatable bonds is 1. The van der Waals surface area contributed by atoms with E-state index in [0.29, 0.717) is 22.2 Å². The second-order valence-corrected chi connectivity index (χ2v) is 6.47. The minimum atomic E-state index is -0.587. The molecule has 0 aliphatic carbocycles. The highest BCUT2D eigenvalue weighted by Crippen LogP contribution is 2.43. The quantitative estimate of drug-likeness (QED) is 0.733. The Labute approximate surface area is 135 Å². The van der Waals surface area contributed by atoms with E-state index >= 15 is 0 Å². The van der Waals surface area contributed by atoms with Gasteiger partial charge in [-0.15, -0.1) is 0 Å². The zero-order chi connectivity index (χ0) is 14.3. The van der Waals surface area contributed by atoms with Gasteiger partial charge in [-0.2, -0.15) is 0 Å². The van der Waals surface area contributed by atoms with E-state index in [2.05, 4.69) is 15.9 Å². The number of hydrogen-bond acceptors (Lipinski definition) is 2. The number of ether oxygens (including phenoxy) is 1. The highest BCUT2D eigenvalue weighted by molar-refractivity contribution is 9.10. The average Bonchev–Trinajstić information content (AvgIpc) is 2.42. The predicted molar refractivity (Wildman–Crippen MR) is 83.5 cm³/mol. The predicted octanol–water partition coefficient (Wildman–Crippen LogP) is 5.31. The van der Waals surface area contributed by atoms with Crippen LogP contribution in [0.4, 0.5) is 0 Å². The molecular formula is C15H11BrCl2O2. The Hall–Kier alpha value is -0.740. The van der Waals surface area contributed by atoms with Crippen LogP contribution in [0.1, 0.15) is 29.8 Å². The first-order valence-electron chi connectivity index (χ1n) is 6.13. The molecule has 104 valence electrons. The third-order valence-corrected chi connectivity index (χ3v) is 4.41. The Kier molecular flexibility index (Phi) is 3.95. The van der Waals surface area contributed by atoms with Gasteiger partial charge in [0, 0.05) is 32.1 Å². The van der Waals surface area contributed by atoms with E-state index < -0.39 is 6.10 Å². The van der Waals surface area contributed by atoms with Gasteiger partial charge in [0.05, 0.1) is 6.10 Å². The summed E-state index contributed by atoms with van der Waals surface area (Å²) in [6.45, 7) is 0. The van der Waals surface area contributed by atoms with Crippen molar-refractivity contribution in [3.63, 3.8) is 0 Å². The molecule has 1 heterocycles. The van der Waals surface area contributed by atoms with Gasteiger partial charge in [0.1, 0.15) is 11.9 Å². The molecule has 0 aromatic heterocycles. The molecule has 5 heteroatoms. The van der Waals surface area contributed by atoms with E-state index in [0.717, 1.165) is 15.6 Å². The summed E-state index contributed by atoms with van der Waals surface area (Å²) in [5.74, 6) is 0.674. The number of aliphatic hydroxyl groups excluding tert-OH is 1. The van der Waals surface area contributed by atoms with Crippen LogP contribution in [0.25, 0.3) is 0 Å². The molecule has 0 amide bonds. The van der Waals surface area contributed by atoms with Crippen molar-refractivity contribution < 1.29 is 9.84 Å². The second-order valence-electron chi connectivity index (χ2n) is 4.71. The van der Waals surface area contributed by atoms with Gasteiger partial charge in [0.2, 0.25) is 0 Å². The molecule has 0 radical (unpaired) electrons. The Morgan fingerprint density at radius 3 is 2.70 bits per heavy atom. The third-order valence-electron chi connectivity index (χ3n) is 3.34. The van der Waals surface area contributed by atoms with Crippen molar-refractivity contribution in [1.82, 2.24) is 0 Å². The van der Waals surface area contributed by atoms with Crippen LogP contribution in [0.3, 0.4) is 0 Å². The summed E-state index contributed by atoms with van der Waals surface area (Å²) in [4.78, 5) is 0. The summed E-state index contributed by atoms with van der Waals surface area (Å²) in [5, 5.41) is 11.5. The molecule has 2 aromatic carbocycles. The first-order valence-corrected chi connectivity index (χ1v) is 7.68. The molecule has 0 saturated heterocycles. The highest BCUT2D eigenvalue weighted by atomic mass is 79.9. The lowest BCUT2D eigenvalue weighted by atomic mass is 9.95. The van der Waals surface area contributed by atoms with Crippen LogP contribution in [-0.2, 0) is 0 Å². The minimum Gasteiger partial charge on any atom is -0.485 e. The van der Waals surface area contributed by atoms with Gasteiger partial charge in [0.15, 0.2) is 0 Å². The van der Waals surface area contributed by atoms with Gasteiger partial charge < -0.3 is 9.84 Å². The van der Waals surface area contributed by atoms with Crippen LogP contribution in [0.2, 0.25) is 10.0 Å². The van der Waals surface area contributed by atoms with Crippen LogP contribution in [0.5, 0.6) is 5.75 Å². The van der Waals surface area contributed by atoms with E-state index in [4.69, 9.17) is 27.9 Å². The van der Waals surface area contributed by atoms with Crippen LogP contribution in [0.15, 0.2) is 40.9 Å². The fraction of sp³-hybridized carbons (Fsp3) is 0.200. The summed E-state index contributed by atoms with van der Waals surface area (Å²) >= 11 is 15.6. The number of halogens is 3. The third kappa shape index (κ3) is 2.68. The topological polar surface area (TPSA) is 29.5 Å². The van der Waals surface area contributed by atoms with E-state index in [1.165, 1.54) is 0 Å². The molecular weight excluding hydrogens is 363 g/mol. The molecule has 0 saturated carbocycles. The normalized spacial score (nSPS) is 21.2. The molecule has 0 spiro atoms. The average molecular weight is 374 g/mol. The Morgan fingerprint density at radius 2 is 1.90 bits per heavy atom. The maximum Gasteiger partial charge on any atom is 0.128 e. The molecule has 3 rings (SSSR count). The van der Waals surface area contributed by atoms with Crippen molar-refractivity contribution in [3.8, 4) is 5.75 Å². The Morgan fingerprint density at radius 1 is 1.10 bits per heavy atom. The van der Waals surface area contributed by atoms with Crippen molar-refractivity contribution in [3.05, 3.63) is 62.0 Å². The lowest BCUT2D eigenvalue weighted by molar-refractivity contribution is 0.0657. The lowest BCUT2D eigenvalue weighted by Crippen LogP contribution is -2.19. The van der Waals surface area contributed by atoms with Crippen molar-refractivity contribution in [2.75, 3.05) is 0 Å². The number of aliphatic hydroxyl groups is 1. The SMILES string of the molecule is O[C@@H]1CC(c2cc(Cl)ccc2Cl)Oc2ccc(Br)cc21. The van der Waals surface area contributed by atoms with Crippen molar-refractivity contribution >= 4 is 39.1 Å². The van der Waals surface area contributed by atoms with Crippen LogP contribution in [-0.4, -0.2) is 5.11 Å². The lowest BCUT2D eigenvalue weighted by Gasteiger charge is -2.30. The Balaban J connectivity index is 1.99. The van der Waals surface area contributed by atoms with Gasteiger partial charge in [-0.1, -0.05) is 39.1 Å². The molecule has 2 atom stereocenters. The number of hydrogen-bond donors (Lipinski definition) is 1. The monoisotopic (exact) mass is 372 g/mol. The fourth-order valence-corrected chi connectivity index (χ4v) is 3.17. The Bertz CT molecular complexity index is 660. The summed E-state index contributed by atoms with van der Waals surface area (Å²) in [7, 11) is 0. The smallest absolute Gasteiger partial charge is 0.128 e. The van der Waals surface area contributed by atoms with Crippen LogP contribution < -0.4 is 4.74 Å².